The molecule has 1 aliphatic carbocycles. The number of rotatable bonds is 5. The van der Waals surface area contributed by atoms with Crippen LogP contribution >= 0.6 is 15.9 Å². The van der Waals surface area contributed by atoms with Crippen molar-refractivity contribution in [1.82, 2.24) is 5.43 Å². The molecule has 0 unspecified atom stereocenters. The molecule has 1 N–H and O–H groups in total. The van der Waals surface area contributed by atoms with Crippen molar-refractivity contribution < 1.29 is 9.53 Å². The van der Waals surface area contributed by atoms with Crippen LogP contribution in [0.3, 0.4) is 0 Å². The molecule has 0 saturated carbocycles. The number of benzene rings is 2. The van der Waals surface area contributed by atoms with Gasteiger partial charge in [-0.2, -0.15) is 5.10 Å². The predicted octanol–water partition coefficient (Wildman–Crippen LogP) is 3.86. The van der Waals surface area contributed by atoms with Gasteiger partial charge in [-0.1, -0.05) is 34.1 Å². The lowest BCUT2D eigenvalue weighted by Crippen LogP contribution is -2.24. The highest BCUT2D eigenvalue weighted by molar-refractivity contribution is 9.10. The number of halogens is 1. The molecule has 0 aromatic heterocycles. The first kappa shape index (κ1) is 16.7. The molecular formula is C19H19BrN2O2. The SMILES string of the molecule is O=C(COc1ccc2c(c1)CCCC2)N/N=C/c1ccc(Br)cc1. The molecule has 0 fully saturated rings. The van der Waals surface area contributed by atoms with Crippen molar-refractivity contribution in [3.63, 3.8) is 0 Å². The Bertz CT molecular complexity index is 742. The Morgan fingerprint density at radius 2 is 1.88 bits per heavy atom. The lowest BCUT2D eigenvalue weighted by Gasteiger charge is -2.16. The number of hydrogen-bond donors (Lipinski definition) is 1. The molecule has 0 saturated heterocycles. The standard InChI is InChI=1S/C19H19BrN2O2/c20-17-8-5-14(6-9-17)12-21-22-19(23)13-24-18-10-7-15-3-1-2-4-16(15)11-18/h5-12H,1-4,13H2,(H,22,23)/b21-12+. The number of fused-ring (bicyclic) bond motifs is 1. The van der Waals surface area contributed by atoms with E-state index in [4.69, 9.17) is 4.74 Å². The first-order valence-electron chi connectivity index (χ1n) is 8.03. The van der Waals surface area contributed by atoms with Crippen LogP contribution in [0, 0.1) is 0 Å². The molecule has 0 radical (unpaired) electrons. The fourth-order valence-corrected chi connectivity index (χ4v) is 2.97. The largest absolute Gasteiger partial charge is 0.484 e. The first-order chi connectivity index (χ1) is 11.7. The van der Waals surface area contributed by atoms with Crippen molar-refractivity contribution in [2.45, 2.75) is 25.7 Å². The highest BCUT2D eigenvalue weighted by Crippen LogP contribution is 2.25. The van der Waals surface area contributed by atoms with Gasteiger partial charge in [0, 0.05) is 4.47 Å². The number of ether oxygens (including phenoxy) is 1. The van der Waals surface area contributed by atoms with Crippen LogP contribution in [0.5, 0.6) is 5.75 Å². The van der Waals surface area contributed by atoms with Crippen LogP contribution in [0.1, 0.15) is 29.5 Å². The maximum Gasteiger partial charge on any atom is 0.277 e. The topological polar surface area (TPSA) is 50.7 Å². The Morgan fingerprint density at radius 1 is 1.12 bits per heavy atom. The lowest BCUT2D eigenvalue weighted by atomic mass is 9.92. The quantitative estimate of drug-likeness (QED) is 0.626. The van der Waals surface area contributed by atoms with E-state index in [2.05, 4.69) is 32.5 Å². The van der Waals surface area contributed by atoms with Gasteiger partial charge in [-0.3, -0.25) is 4.79 Å². The maximum absolute atomic E-state index is 11.8. The summed E-state index contributed by atoms with van der Waals surface area (Å²) in [6.45, 7) is -0.0452. The molecule has 2 aromatic rings. The summed E-state index contributed by atoms with van der Waals surface area (Å²) in [6, 6.07) is 13.7. The van der Waals surface area contributed by atoms with Crippen molar-refractivity contribution in [3.05, 3.63) is 63.6 Å². The summed E-state index contributed by atoms with van der Waals surface area (Å²) in [5, 5.41) is 3.93. The Labute approximate surface area is 150 Å². The fraction of sp³-hybridized carbons (Fsp3) is 0.263. The molecule has 24 heavy (non-hydrogen) atoms. The minimum absolute atomic E-state index is 0.0452. The third-order valence-corrected chi connectivity index (χ3v) is 4.49. The summed E-state index contributed by atoms with van der Waals surface area (Å²) < 4.78 is 6.56. The summed E-state index contributed by atoms with van der Waals surface area (Å²) in [6.07, 6.45) is 6.31. The van der Waals surface area contributed by atoms with E-state index < -0.39 is 0 Å². The Kier molecular flexibility index (Phi) is 5.64. The average molecular weight is 387 g/mol. The number of nitrogens with zero attached hydrogens (tertiary/aromatic N) is 1. The number of carbonyl (C=O) groups excluding carboxylic acids is 1. The molecule has 0 aliphatic heterocycles. The van der Waals surface area contributed by atoms with E-state index >= 15 is 0 Å². The van der Waals surface area contributed by atoms with Gasteiger partial charge in [0.1, 0.15) is 5.75 Å². The second-order valence-electron chi connectivity index (χ2n) is 5.77. The zero-order valence-corrected chi connectivity index (χ0v) is 14.9. The van der Waals surface area contributed by atoms with Gasteiger partial charge >= 0.3 is 0 Å². The predicted molar refractivity (Wildman–Crippen MR) is 98.5 cm³/mol. The van der Waals surface area contributed by atoms with Crippen LogP contribution in [-0.4, -0.2) is 18.7 Å². The van der Waals surface area contributed by atoms with Gasteiger partial charge in [-0.05, 0) is 66.6 Å². The van der Waals surface area contributed by atoms with Crippen LogP contribution in [0.4, 0.5) is 0 Å². The molecule has 5 heteroatoms. The van der Waals surface area contributed by atoms with Crippen molar-refractivity contribution in [2.24, 2.45) is 5.10 Å². The molecule has 3 rings (SSSR count). The van der Waals surface area contributed by atoms with Crippen molar-refractivity contribution in [2.75, 3.05) is 6.61 Å². The lowest BCUT2D eigenvalue weighted by molar-refractivity contribution is -0.123. The molecular weight excluding hydrogens is 368 g/mol. The number of hydrogen-bond acceptors (Lipinski definition) is 3. The van der Waals surface area contributed by atoms with Crippen LogP contribution in [-0.2, 0) is 17.6 Å². The van der Waals surface area contributed by atoms with Gasteiger partial charge in [0.05, 0.1) is 6.21 Å². The highest BCUT2D eigenvalue weighted by Gasteiger charge is 2.10. The van der Waals surface area contributed by atoms with E-state index in [0.717, 1.165) is 28.6 Å². The van der Waals surface area contributed by atoms with Crippen LogP contribution in [0.25, 0.3) is 0 Å². The number of carbonyl (C=O) groups is 1. The third-order valence-electron chi connectivity index (χ3n) is 3.96. The monoisotopic (exact) mass is 386 g/mol. The van der Waals surface area contributed by atoms with Gasteiger partial charge in [0.2, 0.25) is 0 Å². The minimum atomic E-state index is -0.277. The number of nitrogens with one attached hydrogen (secondary N) is 1. The van der Waals surface area contributed by atoms with Crippen LogP contribution < -0.4 is 10.2 Å². The van der Waals surface area contributed by atoms with E-state index in [1.54, 1.807) is 6.21 Å². The summed E-state index contributed by atoms with van der Waals surface area (Å²) in [5.74, 6) is 0.462. The normalized spacial score (nSPS) is 13.5. The Hall–Kier alpha value is -2.14. The second-order valence-corrected chi connectivity index (χ2v) is 6.69. The van der Waals surface area contributed by atoms with Gasteiger partial charge in [-0.25, -0.2) is 5.43 Å². The van der Waals surface area contributed by atoms with Crippen molar-refractivity contribution >= 4 is 28.1 Å². The minimum Gasteiger partial charge on any atom is -0.484 e. The second kappa shape index (κ2) is 8.11. The van der Waals surface area contributed by atoms with E-state index in [1.165, 1.54) is 24.0 Å². The van der Waals surface area contributed by atoms with E-state index in [1.807, 2.05) is 36.4 Å². The summed E-state index contributed by atoms with van der Waals surface area (Å²) in [7, 11) is 0. The smallest absolute Gasteiger partial charge is 0.277 e. The first-order valence-corrected chi connectivity index (χ1v) is 8.82. The fourth-order valence-electron chi connectivity index (χ4n) is 2.71. The molecule has 1 aliphatic rings. The molecule has 2 aromatic carbocycles. The molecule has 124 valence electrons. The molecule has 0 spiro atoms. The van der Waals surface area contributed by atoms with Crippen molar-refractivity contribution in [3.8, 4) is 5.75 Å². The van der Waals surface area contributed by atoms with Crippen molar-refractivity contribution in [1.29, 1.82) is 0 Å². The Balaban J connectivity index is 1.48. The van der Waals surface area contributed by atoms with E-state index in [-0.39, 0.29) is 12.5 Å². The molecule has 0 bridgehead atoms. The summed E-state index contributed by atoms with van der Waals surface area (Å²) in [4.78, 5) is 11.8. The van der Waals surface area contributed by atoms with Crippen LogP contribution in [0.2, 0.25) is 0 Å². The molecule has 1 amide bonds. The zero-order chi connectivity index (χ0) is 16.8. The highest BCUT2D eigenvalue weighted by atomic mass is 79.9. The number of aryl methyl sites for hydroxylation is 2. The zero-order valence-electron chi connectivity index (χ0n) is 13.3. The van der Waals surface area contributed by atoms with Gasteiger partial charge < -0.3 is 4.74 Å². The van der Waals surface area contributed by atoms with E-state index in [9.17, 15) is 4.79 Å². The number of hydrazone groups is 1. The molecule has 0 atom stereocenters. The van der Waals surface area contributed by atoms with Gasteiger partial charge in [0.15, 0.2) is 6.61 Å². The van der Waals surface area contributed by atoms with Gasteiger partial charge in [-0.15, -0.1) is 0 Å². The number of amides is 1. The van der Waals surface area contributed by atoms with Crippen LogP contribution in [0.15, 0.2) is 52.0 Å². The van der Waals surface area contributed by atoms with Gasteiger partial charge in [0.25, 0.3) is 5.91 Å². The summed E-state index contributed by atoms with van der Waals surface area (Å²) >= 11 is 3.37. The molecule has 4 nitrogen and oxygen atoms in total. The van der Waals surface area contributed by atoms with E-state index in [0.29, 0.717) is 0 Å². The maximum atomic E-state index is 11.8. The molecule has 0 heterocycles. The average Bonchev–Trinajstić information content (AvgIpc) is 2.61. The third kappa shape index (κ3) is 4.68. The summed E-state index contributed by atoms with van der Waals surface area (Å²) in [5.41, 5.74) is 6.12. The Morgan fingerprint density at radius 3 is 2.67 bits per heavy atom.